The van der Waals surface area contributed by atoms with Crippen molar-refractivity contribution in [2.24, 2.45) is 5.92 Å². The van der Waals surface area contributed by atoms with Gasteiger partial charge in [0, 0.05) is 51.3 Å². The maximum Gasteiger partial charge on any atom is 0.236 e. The molecule has 0 bridgehead atoms. The SMILES string of the molecule is CCC1SC(c2ccccc2OC)N(CCN2CCN(C(=O)CC(C)C)CC2)C1=O. The van der Waals surface area contributed by atoms with Gasteiger partial charge in [0.2, 0.25) is 11.8 Å². The van der Waals surface area contributed by atoms with Crippen LogP contribution < -0.4 is 4.74 Å². The minimum atomic E-state index is -0.00694. The van der Waals surface area contributed by atoms with Crippen LogP contribution >= 0.6 is 11.8 Å². The third kappa shape index (κ3) is 5.30. The first kappa shape index (κ1) is 22.9. The van der Waals surface area contributed by atoms with E-state index in [0.29, 0.717) is 18.9 Å². The molecule has 0 aromatic heterocycles. The lowest BCUT2D eigenvalue weighted by molar-refractivity contribution is -0.133. The van der Waals surface area contributed by atoms with Gasteiger partial charge in [-0.2, -0.15) is 0 Å². The molecular weight excluding hydrogens is 398 g/mol. The second-order valence-electron chi connectivity index (χ2n) is 8.48. The maximum absolute atomic E-state index is 13.0. The topological polar surface area (TPSA) is 53.1 Å². The second-order valence-corrected chi connectivity index (χ2v) is 9.77. The Morgan fingerprint density at radius 1 is 1.17 bits per heavy atom. The van der Waals surface area contributed by atoms with E-state index in [0.717, 1.165) is 50.5 Å². The molecule has 2 fully saturated rings. The molecule has 0 aliphatic carbocycles. The van der Waals surface area contributed by atoms with Crippen LogP contribution in [0.5, 0.6) is 5.75 Å². The summed E-state index contributed by atoms with van der Waals surface area (Å²) in [5, 5.41) is -0.00192. The van der Waals surface area contributed by atoms with Crippen molar-refractivity contribution < 1.29 is 14.3 Å². The van der Waals surface area contributed by atoms with Crippen LogP contribution in [0.2, 0.25) is 0 Å². The van der Waals surface area contributed by atoms with Crippen molar-refractivity contribution in [2.75, 3.05) is 46.4 Å². The lowest BCUT2D eigenvalue weighted by atomic mass is 10.1. The number of piperazine rings is 1. The Kier molecular flexibility index (Phi) is 8.06. The standard InChI is InChI=1S/C23H35N3O3S/c1-5-20-22(28)26(23(30-20)18-8-6-7-9-19(18)29-4)15-12-24-10-13-25(14-11-24)21(27)16-17(2)3/h6-9,17,20,23H,5,10-16H2,1-4H3. The molecule has 0 N–H and O–H groups in total. The van der Waals surface area contributed by atoms with Crippen molar-refractivity contribution in [3.8, 4) is 5.75 Å². The molecule has 0 spiro atoms. The molecule has 7 heteroatoms. The van der Waals surface area contributed by atoms with Crippen LogP contribution in [0.3, 0.4) is 0 Å². The third-order valence-electron chi connectivity index (χ3n) is 5.88. The van der Waals surface area contributed by atoms with E-state index in [1.165, 1.54) is 0 Å². The number of rotatable bonds is 8. The summed E-state index contributed by atoms with van der Waals surface area (Å²) >= 11 is 1.73. The van der Waals surface area contributed by atoms with Crippen LogP contribution in [-0.4, -0.2) is 78.1 Å². The first-order chi connectivity index (χ1) is 14.4. The van der Waals surface area contributed by atoms with E-state index in [2.05, 4.69) is 31.7 Å². The molecule has 2 aliphatic heterocycles. The van der Waals surface area contributed by atoms with E-state index in [1.54, 1.807) is 18.9 Å². The van der Waals surface area contributed by atoms with Crippen LogP contribution in [0.25, 0.3) is 0 Å². The number of carbonyl (C=O) groups excluding carboxylic acids is 2. The lowest BCUT2D eigenvalue weighted by Crippen LogP contribution is -2.50. The minimum Gasteiger partial charge on any atom is -0.496 e. The van der Waals surface area contributed by atoms with Crippen molar-refractivity contribution in [3.05, 3.63) is 29.8 Å². The van der Waals surface area contributed by atoms with Crippen molar-refractivity contribution in [2.45, 2.75) is 44.2 Å². The predicted molar refractivity (Wildman–Crippen MR) is 122 cm³/mol. The fraction of sp³-hybridized carbons (Fsp3) is 0.652. The van der Waals surface area contributed by atoms with Crippen molar-refractivity contribution in [1.29, 1.82) is 0 Å². The van der Waals surface area contributed by atoms with Gasteiger partial charge in [-0.1, -0.05) is 39.0 Å². The van der Waals surface area contributed by atoms with Gasteiger partial charge in [-0.05, 0) is 18.4 Å². The molecule has 30 heavy (non-hydrogen) atoms. The molecule has 166 valence electrons. The summed E-state index contributed by atoms with van der Waals surface area (Å²) < 4.78 is 5.57. The number of thioether (sulfide) groups is 1. The molecule has 6 nitrogen and oxygen atoms in total. The zero-order valence-electron chi connectivity index (χ0n) is 18.7. The Bertz CT molecular complexity index is 734. The molecule has 2 atom stereocenters. The molecule has 2 unspecified atom stereocenters. The van der Waals surface area contributed by atoms with E-state index in [4.69, 9.17) is 4.74 Å². The summed E-state index contributed by atoms with van der Waals surface area (Å²) in [5.41, 5.74) is 1.07. The van der Waals surface area contributed by atoms with E-state index in [-0.39, 0.29) is 22.4 Å². The molecule has 1 aromatic carbocycles. The van der Waals surface area contributed by atoms with Gasteiger partial charge in [-0.15, -0.1) is 11.8 Å². The molecule has 0 radical (unpaired) electrons. The van der Waals surface area contributed by atoms with Gasteiger partial charge >= 0.3 is 0 Å². The number of nitrogens with zero attached hydrogens (tertiary/aromatic N) is 3. The number of carbonyl (C=O) groups is 2. The molecule has 3 rings (SSSR count). The predicted octanol–water partition coefficient (Wildman–Crippen LogP) is 3.24. The molecule has 2 amide bonds. The van der Waals surface area contributed by atoms with Crippen LogP contribution in [-0.2, 0) is 9.59 Å². The smallest absolute Gasteiger partial charge is 0.236 e. The number of benzene rings is 1. The number of hydrogen-bond donors (Lipinski definition) is 0. The zero-order chi connectivity index (χ0) is 21.7. The average Bonchev–Trinajstić information content (AvgIpc) is 3.07. The van der Waals surface area contributed by atoms with Gasteiger partial charge in [0.15, 0.2) is 0 Å². The normalized spacial score (nSPS) is 22.8. The lowest BCUT2D eigenvalue weighted by Gasteiger charge is -2.36. The van der Waals surface area contributed by atoms with Crippen molar-refractivity contribution >= 4 is 23.6 Å². The highest BCUT2D eigenvalue weighted by molar-refractivity contribution is 8.01. The minimum absolute atomic E-state index is 0.00501. The molecular formula is C23H35N3O3S. The average molecular weight is 434 g/mol. The third-order valence-corrected chi connectivity index (χ3v) is 7.51. The van der Waals surface area contributed by atoms with Crippen LogP contribution in [0.1, 0.15) is 44.6 Å². The van der Waals surface area contributed by atoms with Crippen LogP contribution in [0, 0.1) is 5.92 Å². The van der Waals surface area contributed by atoms with Crippen LogP contribution in [0.4, 0.5) is 0 Å². The van der Waals surface area contributed by atoms with E-state index in [1.807, 2.05) is 28.0 Å². The highest BCUT2D eigenvalue weighted by Gasteiger charge is 2.41. The number of hydrogen-bond acceptors (Lipinski definition) is 5. The Morgan fingerprint density at radius 2 is 1.87 bits per heavy atom. The van der Waals surface area contributed by atoms with E-state index >= 15 is 0 Å². The van der Waals surface area contributed by atoms with Crippen molar-refractivity contribution in [1.82, 2.24) is 14.7 Å². The van der Waals surface area contributed by atoms with Gasteiger partial charge < -0.3 is 14.5 Å². The largest absolute Gasteiger partial charge is 0.496 e. The number of ether oxygens (including phenoxy) is 1. The summed E-state index contributed by atoms with van der Waals surface area (Å²) in [5.74, 6) is 1.72. The Hall–Kier alpha value is -1.73. The number of methoxy groups -OCH3 is 1. The number of amides is 2. The summed E-state index contributed by atoms with van der Waals surface area (Å²) in [6.45, 7) is 11.1. The number of para-hydroxylation sites is 1. The van der Waals surface area contributed by atoms with Gasteiger partial charge in [0.1, 0.15) is 11.1 Å². The molecule has 2 aliphatic rings. The van der Waals surface area contributed by atoms with Gasteiger partial charge in [0.05, 0.1) is 12.4 Å². The highest BCUT2D eigenvalue weighted by Crippen LogP contribution is 2.46. The highest BCUT2D eigenvalue weighted by atomic mass is 32.2. The summed E-state index contributed by atoms with van der Waals surface area (Å²) in [4.78, 5) is 31.7. The van der Waals surface area contributed by atoms with Gasteiger partial charge in [-0.3, -0.25) is 14.5 Å². The fourth-order valence-electron chi connectivity index (χ4n) is 4.15. The molecule has 2 saturated heterocycles. The monoisotopic (exact) mass is 433 g/mol. The van der Waals surface area contributed by atoms with E-state index < -0.39 is 0 Å². The summed E-state index contributed by atoms with van der Waals surface area (Å²) in [6.07, 6.45) is 1.46. The molecule has 2 heterocycles. The van der Waals surface area contributed by atoms with Crippen molar-refractivity contribution in [3.63, 3.8) is 0 Å². The van der Waals surface area contributed by atoms with E-state index in [9.17, 15) is 9.59 Å². The summed E-state index contributed by atoms with van der Waals surface area (Å²) in [6, 6.07) is 8.00. The Morgan fingerprint density at radius 3 is 2.50 bits per heavy atom. The van der Waals surface area contributed by atoms with Crippen LogP contribution in [0.15, 0.2) is 24.3 Å². The summed E-state index contributed by atoms with van der Waals surface area (Å²) in [7, 11) is 1.68. The maximum atomic E-state index is 13.0. The fourth-order valence-corrected chi connectivity index (χ4v) is 5.60. The molecule has 1 aromatic rings. The van der Waals surface area contributed by atoms with Gasteiger partial charge in [0.25, 0.3) is 0 Å². The second kappa shape index (κ2) is 10.5. The van der Waals surface area contributed by atoms with Gasteiger partial charge in [-0.25, -0.2) is 0 Å². The quantitative estimate of drug-likeness (QED) is 0.630. The Labute approximate surface area is 184 Å². The zero-order valence-corrected chi connectivity index (χ0v) is 19.5. The first-order valence-corrected chi connectivity index (χ1v) is 12.0. The molecule has 0 saturated carbocycles. The Balaban J connectivity index is 1.60. The first-order valence-electron chi connectivity index (χ1n) is 11.0.